The van der Waals surface area contributed by atoms with Crippen molar-refractivity contribution in [3.8, 4) is 11.4 Å². The number of aromatic nitrogens is 3. The van der Waals surface area contributed by atoms with Crippen LogP contribution in [0.4, 0.5) is 5.82 Å². The van der Waals surface area contributed by atoms with E-state index in [0.717, 1.165) is 72.5 Å². The molecule has 2 aromatic heterocycles. The molecule has 5 rings (SSSR count). The molecule has 1 N–H and O–H groups in total. The van der Waals surface area contributed by atoms with Crippen molar-refractivity contribution >= 4 is 28.5 Å². The Morgan fingerprint density at radius 1 is 1.22 bits per heavy atom. The van der Waals surface area contributed by atoms with Gasteiger partial charge in [0.05, 0.1) is 22.6 Å². The van der Waals surface area contributed by atoms with E-state index in [1.54, 1.807) is 6.20 Å². The topological polar surface area (TPSA) is 54.2 Å². The second kappa shape index (κ2) is 10.2. The van der Waals surface area contributed by atoms with Crippen LogP contribution in [0.15, 0.2) is 71.5 Å². The van der Waals surface area contributed by atoms with Crippen molar-refractivity contribution in [2.75, 3.05) is 18.0 Å². The summed E-state index contributed by atoms with van der Waals surface area (Å²) >= 11 is 6.61. The smallest absolute Gasteiger partial charge is 0.142 e. The molecule has 3 heterocycles. The largest absolute Gasteiger partial charge is 0.383 e. The molecule has 0 amide bonds. The number of halogens is 1. The van der Waals surface area contributed by atoms with Crippen molar-refractivity contribution in [2.24, 2.45) is 7.05 Å². The number of hydrogen-bond donors (Lipinski definition) is 1. The summed E-state index contributed by atoms with van der Waals surface area (Å²) in [6.45, 7) is 5.74. The van der Waals surface area contributed by atoms with Gasteiger partial charge in [0.2, 0.25) is 0 Å². The maximum absolute atomic E-state index is 11.7. The van der Waals surface area contributed by atoms with E-state index in [0.29, 0.717) is 18.0 Å². The van der Waals surface area contributed by atoms with Crippen molar-refractivity contribution in [3.05, 3.63) is 76.5 Å². The predicted octanol–water partition coefficient (Wildman–Crippen LogP) is 7.01. The van der Waals surface area contributed by atoms with Gasteiger partial charge in [0.25, 0.3) is 0 Å². The van der Waals surface area contributed by atoms with Gasteiger partial charge in [-0.15, -0.1) is 0 Å². The number of rotatable bonds is 4. The predicted molar refractivity (Wildman–Crippen MR) is 149 cm³/mol. The molecule has 1 aromatic carbocycles. The summed E-state index contributed by atoms with van der Waals surface area (Å²) in [5, 5.41) is 12.3. The van der Waals surface area contributed by atoms with E-state index in [4.69, 9.17) is 16.6 Å². The van der Waals surface area contributed by atoms with Crippen LogP contribution in [-0.2, 0) is 7.05 Å². The number of aryl methyl sites for hydroxylation is 1. The zero-order valence-corrected chi connectivity index (χ0v) is 22.2. The zero-order valence-electron chi connectivity index (χ0n) is 21.5. The first-order chi connectivity index (χ1) is 17.4. The lowest BCUT2D eigenvalue weighted by atomic mass is 9.89. The number of anilines is 1. The number of pyridine rings is 1. The number of aliphatic hydroxyl groups is 1. The lowest BCUT2D eigenvalue weighted by Crippen LogP contribution is -2.35. The van der Waals surface area contributed by atoms with Crippen molar-refractivity contribution in [1.82, 2.24) is 14.5 Å². The summed E-state index contributed by atoms with van der Waals surface area (Å²) in [7, 11) is 2.01. The minimum absolute atomic E-state index is 0.509. The number of para-hydroxylation sites is 2. The summed E-state index contributed by atoms with van der Waals surface area (Å²) in [6, 6.07) is 10.1. The monoisotopic (exact) mass is 502 g/mol. The van der Waals surface area contributed by atoms with Crippen molar-refractivity contribution in [3.63, 3.8) is 0 Å². The van der Waals surface area contributed by atoms with Gasteiger partial charge in [0.15, 0.2) is 0 Å². The maximum Gasteiger partial charge on any atom is 0.142 e. The molecule has 6 heteroatoms. The van der Waals surface area contributed by atoms with Crippen molar-refractivity contribution in [1.29, 1.82) is 0 Å². The third kappa shape index (κ3) is 4.74. The molecule has 1 aliphatic heterocycles. The van der Waals surface area contributed by atoms with Crippen LogP contribution in [0.3, 0.4) is 0 Å². The molecule has 0 bridgehead atoms. The summed E-state index contributed by atoms with van der Waals surface area (Å²) < 4.78 is 2.07. The Morgan fingerprint density at radius 2 is 2.06 bits per heavy atom. The molecule has 1 fully saturated rings. The molecule has 188 valence electrons. The van der Waals surface area contributed by atoms with Crippen LogP contribution in [0.2, 0.25) is 5.02 Å². The van der Waals surface area contributed by atoms with Gasteiger partial charge < -0.3 is 14.6 Å². The fourth-order valence-electron chi connectivity index (χ4n) is 5.55. The first-order valence-electron chi connectivity index (χ1n) is 13.0. The molecule has 0 saturated carbocycles. The van der Waals surface area contributed by atoms with Gasteiger partial charge in [0.1, 0.15) is 17.2 Å². The number of allylic oxidation sites excluding steroid dienone is 4. The van der Waals surface area contributed by atoms with E-state index in [2.05, 4.69) is 52.6 Å². The molecule has 0 radical (unpaired) electrons. The van der Waals surface area contributed by atoms with Crippen LogP contribution in [-0.4, -0.2) is 38.3 Å². The van der Waals surface area contributed by atoms with Gasteiger partial charge >= 0.3 is 0 Å². The molecule has 1 unspecified atom stereocenters. The molecule has 36 heavy (non-hydrogen) atoms. The second-order valence-electron chi connectivity index (χ2n) is 10.1. The number of benzene rings is 1. The van der Waals surface area contributed by atoms with Gasteiger partial charge in [-0.1, -0.05) is 60.0 Å². The molecule has 3 aromatic rings. The van der Waals surface area contributed by atoms with Gasteiger partial charge in [0, 0.05) is 25.4 Å². The van der Waals surface area contributed by atoms with Crippen molar-refractivity contribution < 1.29 is 5.11 Å². The van der Waals surface area contributed by atoms with Gasteiger partial charge in [-0.05, 0) is 69.2 Å². The van der Waals surface area contributed by atoms with Crippen molar-refractivity contribution in [2.45, 2.75) is 58.0 Å². The molecule has 1 saturated heterocycles. The average Bonchev–Trinajstić information content (AvgIpc) is 3.44. The molecule has 1 atom stereocenters. The number of β-amino-alcohol motifs (C(OH)–C–C–N with tert-alkyl or cyclic N) is 1. The molecular formula is C30H35ClN4O. The maximum atomic E-state index is 11.7. The van der Waals surface area contributed by atoms with Crippen LogP contribution in [0.5, 0.6) is 0 Å². The Balaban J connectivity index is 1.41. The Hall–Kier alpha value is -2.89. The molecular weight excluding hydrogens is 468 g/mol. The molecule has 0 spiro atoms. The Kier molecular flexibility index (Phi) is 7.05. The van der Waals surface area contributed by atoms with E-state index in [1.807, 2.05) is 31.3 Å². The highest BCUT2D eigenvalue weighted by molar-refractivity contribution is 6.33. The normalized spacial score (nSPS) is 21.4. The Morgan fingerprint density at radius 3 is 2.86 bits per heavy atom. The van der Waals surface area contributed by atoms with Gasteiger partial charge in [-0.2, -0.15) is 0 Å². The fraction of sp³-hybridized carbons (Fsp3) is 0.400. The standard InChI is InChI=1S/C30H35ClN4O/c1-4-22-11-9-13-23(12-6-5-10-21(22)2)30(36)16-17-35(20-30)28-18-24(25(31)19-32-28)29-33-26-14-7-8-15-27(26)34(29)3/h7-9,12-15,18-19,36H,4-6,10-11,16-17,20H2,1-3H3. The van der Waals surface area contributed by atoms with Crippen LogP contribution >= 0.6 is 11.6 Å². The molecule has 1 aliphatic carbocycles. The fourth-order valence-corrected chi connectivity index (χ4v) is 5.73. The Bertz CT molecular complexity index is 1370. The second-order valence-corrected chi connectivity index (χ2v) is 10.5. The number of hydrogen-bond acceptors (Lipinski definition) is 4. The lowest BCUT2D eigenvalue weighted by molar-refractivity contribution is 0.105. The van der Waals surface area contributed by atoms with E-state index in [-0.39, 0.29) is 0 Å². The number of nitrogens with zero attached hydrogens (tertiary/aromatic N) is 4. The summed E-state index contributed by atoms with van der Waals surface area (Å²) in [5.41, 5.74) is 6.03. The minimum atomic E-state index is -0.889. The van der Waals surface area contributed by atoms with Crippen LogP contribution in [0.1, 0.15) is 52.4 Å². The van der Waals surface area contributed by atoms with Crippen LogP contribution < -0.4 is 4.90 Å². The highest BCUT2D eigenvalue weighted by Crippen LogP contribution is 2.36. The third-order valence-corrected chi connectivity index (χ3v) is 8.09. The number of fused-ring (bicyclic) bond motifs is 1. The minimum Gasteiger partial charge on any atom is -0.383 e. The highest BCUT2D eigenvalue weighted by Gasteiger charge is 2.39. The quantitative estimate of drug-likeness (QED) is 0.390. The van der Waals surface area contributed by atoms with Crippen LogP contribution in [0, 0.1) is 0 Å². The first-order valence-corrected chi connectivity index (χ1v) is 13.4. The van der Waals surface area contributed by atoms with E-state index >= 15 is 0 Å². The number of imidazole rings is 1. The Labute approximate surface area is 218 Å². The van der Waals surface area contributed by atoms with Crippen LogP contribution in [0.25, 0.3) is 22.4 Å². The molecule has 2 aliphatic rings. The first kappa shape index (κ1) is 24.8. The SMILES string of the molecule is CCC1=C(C)CCCC=C(C2(O)CCN(c3cc(-c4nc5ccccc5n4C)c(Cl)cn3)C2)C=CC1. The lowest BCUT2D eigenvalue weighted by Gasteiger charge is -2.26. The third-order valence-electron chi connectivity index (χ3n) is 7.79. The highest BCUT2D eigenvalue weighted by atomic mass is 35.5. The van der Waals surface area contributed by atoms with E-state index < -0.39 is 5.60 Å². The van der Waals surface area contributed by atoms with E-state index in [1.165, 1.54) is 11.1 Å². The van der Waals surface area contributed by atoms with E-state index in [9.17, 15) is 5.11 Å². The summed E-state index contributed by atoms with van der Waals surface area (Å²) in [6.07, 6.45) is 14.3. The molecule has 5 nitrogen and oxygen atoms in total. The summed E-state index contributed by atoms with van der Waals surface area (Å²) in [5.74, 6) is 1.63. The summed E-state index contributed by atoms with van der Waals surface area (Å²) in [4.78, 5) is 11.6. The average molecular weight is 503 g/mol. The zero-order chi connectivity index (χ0) is 25.3. The van der Waals surface area contributed by atoms with Gasteiger partial charge in [-0.3, -0.25) is 0 Å². The van der Waals surface area contributed by atoms with Gasteiger partial charge in [-0.25, -0.2) is 9.97 Å².